The van der Waals surface area contributed by atoms with Crippen LogP contribution < -0.4 is 0 Å². The molecular formula is C21H29NO3. The maximum atomic E-state index is 13.0. The van der Waals surface area contributed by atoms with Crippen LogP contribution in [-0.2, 0) is 9.53 Å². The lowest BCUT2D eigenvalue weighted by atomic mass is 9.97. The highest BCUT2D eigenvalue weighted by Crippen LogP contribution is 2.21. The highest BCUT2D eigenvalue weighted by Gasteiger charge is 2.19. The summed E-state index contributed by atoms with van der Waals surface area (Å²) in [6.45, 7) is 5.17. The molecule has 0 saturated carbocycles. The van der Waals surface area contributed by atoms with Gasteiger partial charge in [-0.2, -0.15) is 0 Å². The molecule has 0 bridgehead atoms. The zero-order valence-electron chi connectivity index (χ0n) is 15.4. The quantitative estimate of drug-likeness (QED) is 0.523. The summed E-state index contributed by atoms with van der Waals surface area (Å²) in [6.07, 6.45) is 8.21. The number of benzene rings is 1. The smallest absolute Gasteiger partial charge is 0.307 e. The number of allylic oxidation sites excluding steroid dienone is 1. The van der Waals surface area contributed by atoms with Crippen LogP contribution in [0.25, 0.3) is 0 Å². The van der Waals surface area contributed by atoms with E-state index < -0.39 is 0 Å². The molecule has 0 N–H and O–H groups in total. The van der Waals surface area contributed by atoms with Gasteiger partial charge in [-0.3, -0.25) is 9.59 Å². The molecule has 0 radical (unpaired) electrons. The van der Waals surface area contributed by atoms with Crippen LogP contribution in [0.5, 0.6) is 0 Å². The average molecular weight is 343 g/mol. The van der Waals surface area contributed by atoms with Gasteiger partial charge in [-0.05, 0) is 57.6 Å². The fourth-order valence-electron chi connectivity index (χ4n) is 3.17. The molecule has 0 unspecified atom stereocenters. The van der Waals surface area contributed by atoms with E-state index in [-0.39, 0.29) is 18.3 Å². The summed E-state index contributed by atoms with van der Waals surface area (Å²) in [5, 5.41) is 0. The van der Waals surface area contributed by atoms with E-state index in [1.54, 1.807) is 11.8 Å². The van der Waals surface area contributed by atoms with Crippen molar-refractivity contribution < 1.29 is 14.3 Å². The molecule has 1 amide bonds. The molecule has 1 aromatic rings. The average Bonchev–Trinajstić information content (AvgIpc) is 2.63. The van der Waals surface area contributed by atoms with Gasteiger partial charge >= 0.3 is 5.97 Å². The van der Waals surface area contributed by atoms with Crippen LogP contribution in [-0.4, -0.2) is 36.5 Å². The van der Waals surface area contributed by atoms with Gasteiger partial charge in [0.1, 0.15) is 0 Å². The standard InChI is InChI=1S/C21H29NO3/c1-3-25-20(23)14-16-22(15-13-18-10-5-4-6-11-18)21(24)19-12-8-7-9-17(19)2/h7-10,12H,3-6,11,13-16H2,1-2H3. The van der Waals surface area contributed by atoms with Crippen LogP contribution in [0.15, 0.2) is 35.9 Å². The number of hydrogen-bond acceptors (Lipinski definition) is 3. The normalized spacial score (nSPS) is 13.9. The topological polar surface area (TPSA) is 46.6 Å². The van der Waals surface area contributed by atoms with E-state index in [1.807, 2.05) is 31.2 Å². The minimum atomic E-state index is -0.248. The van der Waals surface area contributed by atoms with Gasteiger partial charge < -0.3 is 9.64 Å². The molecule has 1 aliphatic carbocycles. The number of nitrogens with zero attached hydrogens (tertiary/aromatic N) is 1. The lowest BCUT2D eigenvalue weighted by molar-refractivity contribution is -0.143. The predicted octanol–water partition coefficient (Wildman–Crippen LogP) is 4.28. The first kappa shape index (κ1) is 19.2. The van der Waals surface area contributed by atoms with Gasteiger partial charge in [0.05, 0.1) is 13.0 Å². The van der Waals surface area contributed by atoms with Crippen molar-refractivity contribution in [2.24, 2.45) is 0 Å². The molecule has 0 aliphatic heterocycles. The summed E-state index contributed by atoms with van der Waals surface area (Å²) < 4.78 is 5.01. The molecule has 0 atom stereocenters. The van der Waals surface area contributed by atoms with Crippen molar-refractivity contribution in [3.05, 3.63) is 47.0 Å². The van der Waals surface area contributed by atoms with Gasteiger partial charge in [-0.15, -0.1) is 0 Å². The Morgan fingerprint density at radius 3 is 2.64 bits per heavy atom. The van der Waals surface area contributed by atoms with E-state index >= 15 is 0 Å². The van der Waals surface area contributed by atoms with Crippen molar-refractivity contribution in [2.75, 3.05) is 19.7 Å². The van der Waals surface area contributed by atoms with E-state index in [4.69, 9.17) is 4.74 Å². The SMILES string of the molecule is CCOC(=O)CCN(CCC1=CCCCC1)C(=O)c1ccccc1C. The zero-order chi connectivity index (χ0) is 18.1. The summed E-state index contributed by atoms with van der Waals surface area (Å²) in [7, 11) is 0. The van der Waals surface area contributed by atoms with E-state index in [0.29, 0.717) is 25.3 Å². The monoisotopic (exact) mass is 343 g/mol. The Kier molecular flexibility index (Phi) is 7.71. The molecule has 2 rings (SSSR count). The Morgan fingerprint density at radius 2 is 1.96 bits per heavy atom. The lowest BCUT2D eigenvalue weighted by Gasteiger charge is -2.24. The number of carbonyl (C=O) groups excluding carboxylic acids is 2. The van der Waals surface area contributed by atoms with E-state index in [1.165, 1.54) is 18.4 Å². The molecular weight excluding hydrogens is 314 g/mol. The lowest BCUT2D eigenvalue weighted by Crippen LogP contribution is -2.35. The third-order valence-corrected chi connectivity index (χ3v) is 4.64. The minimum Gasteiger partial charge on any atom is -0.466 e. The first-order valence-corrected chi connectivity index (χ1v) is 9.30. The van der Waals surface area contributed by atoms with E-state index in [9.17, 15) is 9.59 Å². The van der Waals surface area contributed by atoms with Crippen molar-refractivity contribution in [1.29, 1.82) is 0 Å². The third kappa shape index (κ3) is 6.04. The van der Waals surface area contributed by atoms with Crippen molar-refractivity contribution >= 4 is 11.9 Å². The molecule has 0 saturated heterocycles. The van der Waals surface area contributed by atoms with Crippen molar-refractivity contribution in [3.8, 4) is 0 Å². The second kappa shape index (κ2) is 10.0. The molecule has 0 aromatic heterocycles. The van der Waals surface area contributed by atoms with Crippen LogP contribution in [0.4, 0.5) is 0 Å². The number of rotatable bonds is 8. The second-order valence-electron chi connectivity index (χ2n) is 6.52. The Labute approximate surface area is 150 Å². The minimum absolute atomic E-state index is 0.00110. The number of ether oxygens (including phenoxy) is 1. The fourth-order valence-corrected chi connectivity index (χ4v) is 3.17. The first-order valence-electron chi connectivity index (χ1n) is 9.30. The number of hydrogen-bond donors (Lipinski definition) is 0. The maximum Gasteiger partial charge on any atom is 0.307 e. The molecule has 0 spiro atoms. The van der Waals surface area contributed by atoms with Crippen LogP contribution in [0.2, 0.25) is 0 Å². The second-order valence-corrected chi connectivity index (χ2v) is 6.52. The van der Waals surface area contributed by atoms with Crippen molar-refractivity contribution in [2.45, 2.75) is 52.4 Å². The third-order valence-electron chi connectivity index (χ3n) is 4.64. The Balaban J connectivity index is 2.04. The van der Waals surface area contributed by atoms with Gasteiger partial charge in [0.2, 0.25) is 0 Å². The molecule has 25 heavy (non-hydrogen) atoms. The van der Waals surface area contributed by atoms with Crippen molar-refractivity contribution in [3.63, 3.8) is 0 Å². The Morgan fingerprint density at radius 1 is 1.16 bits per heavy atom. The van der Waals surface area contributed by atoms with Gasteiger partial charge in [0.15, 0.2) is 0 Å². The van der Waals surface area contributed by atoms with Gasteiger partial charge in [-0.1, -0.05) is 29.8 Å². The summed E-state index contributed by atoms with van der Waals surface area (Å²) in [5.74, 6) is -0.249. The number of amides is 1. The number of esters is 1. The molecule has 1 aliphatic rings. The Hall–Kier alpha value is -2.10. The molecule has 0 heterocycles. The fraction of sp³-hybridized carbons (Fsp3) is 0.524. The zero-order valence-corrected chi connectivity index (χ0v) is 15.4. The predicted molar refractivity (Wildman–Crippen MR) is 99.5 cm³/mol. The van der Waals surface area contributed by atoms with Crippen LogP contribution >= 0.6 is 0 Å². The molecule has 136 valence electrons. The van der Waals surface area contributed by atoms with Gasteiger partial charge in [-0.25, -0.2) is 0 Å². The van der Waals surface area contributed by atoms with Gasteiger partial charge in [0.25, 0.3) is 5.91 Å². The summed E-state index contributed by atoms with van der Waals surface area (Å²) >= 11 is 0. The number of aryl methyl sites for hydroxylation is 1. The van der Waals surface area contributed by atoms with Crippen LogP contribution in [0.1, 0.15) is 61.4 Å². The molecule has 4 heteroatoms. The summed E-state index contributed by atoms with van der Waals surface area (Å²) in [4.78, 5) is 26.5. The first-order chi connectivity index (χ1) is 12.1. The van der Waals surface area contributed by atoms with Crippen LogP contribution in [0, 0.1) is 6.92 Å². The molecule has 4 nitrogen and oxygen atoms in total. The number of carbonyl (C=O) groups is 2. The summed E-state index contributed by atoms with van der Waals surface area (Å²) in [5.41, 5.74) is 3.11. The van der Waals surface area contributed by atoms with Crippen LogP contribution in [0.3, 0.4) is 0 Å². The van der Waals surface area contributed by atoms with E-state index in [2.05, 4.69) is 6.08 Å². The molecule has 1 aromatic carbocycles. The maximum absolute atomic E-state index is 13.0. The highest BCUT2D eigenvalue weighted by molar-refractivity contribution is 5.95. The van der Waals surface area contributed by atoms with Gasteiger partial charge in [0, 0.05) is 18.7 Å². The largest absolute Gasteiger partial charge is 0.466 e. The van der Waals surface area contributed by atoms with Crippen molar-refractivity contribution in [1.82, 2.24) is 4.90 Å². The Bertz CT molecular complexity index is 621. The highest BCUT2D eigenvalue weighted by atomic mass is 16.5. The molecule has 0 fully saturated rings. The summed E-state index contributed by atoms with van der Waals surface area (Å²) in [6, 6.07) is 7.62. The van der Waals surface area contributed by atoms with E-state index in [0.717, 1.165) is 24.8 Å².